The van der Waals surface area contributed by atoms with E-state index in [0.29, 0.717) is 5.92 Å². The highest BCUT2D eigenvalue weighted by Crippen LogP contribution is 2.32. The van der Waals surface area contributed by atoms with Crippen LogP contribution in [0.5, 0.6) is 11.5 Å². The first kappa shape index (κ1) is 13.9. The zero-order valence-corrected chi connectivity index (χ0v) is 11.7. The van der Waals surface area contributed by atoms with E-state index in [1.165, 1.54) is 0 Å². The summed E-state index contributed by atoms with van der Waals surface area (Å²) in [6, 6.07) is 7.70. The molecule has 1 aliphatic rings. The van der Waals surface area contributed by atoms with Crippen molar-refractivity contribution in [3.8, 4) is 11.5 Å². The summed E-state index contributed by atoms with van der Waals surface area (Å²) in [5, 5.41) is 0. The molecule has 3 heteroatoms. The fraction of sp³-hybridized carbons (Fsp3) is 0.562. The number of carbonyl (C=O) groups excluding carboxylic acids is 1. The monoisotopic (exact) mass is 262 g/mol. The van der Waals surface area contributed by atoms with Gasteiger partial charge in [-0.05, 0) is 43.7 Å². The molecule has 0 amide bonds. The topological polar surface area (TPSA) is 35.5 Å². The molecular formula is C16H22O3. The molecule has 1 saturated carbocycles. The normalized spacial score (nSPS) is 24.5. The molecule has 0 spiro atoms. The van der Waals surface area contributed by atoms with E-state index in [0.717, 1.165) is 43.5 Å². The van der Waals surface area contributed by atoms with Crippen molar-refractivity contribution < 1.29 is 14.3 Å². The van der Waals surface area contributed by atoms with Crippen molar-refractivity contribution >= 4 is 6.29 Å². The Morgan fingerprint density at radius 2 is 2.11 bits per heavy atom. The summed E-state index contributed by atoms with van der Waals surface area (Å²) < 4.78 is 11.2. The average molecular weight is 262 g/mol. The summed E-state index contributed by atoms with van der Waals surface area (Å²) >= 11 is 0. The lowest BCUT2D eigenvalue weighted by atomic mass is 9.80. The van der Waals surface area contributed by atoms with Crippen LogP contribution in [0.3, 0.4) is 0 Å². The van der Waals surface area contributed by atoms with Gasteiger partial charge in [-0.15, -0.1) is 0 Å². The van der Waals surface area contributed by atoms with Crippen molar-refractivity contribution in [2.45, 2.75) is 38.7 Å². The first-order valence-electron chi connectivity index (χ1n) is 6.99. The van der Waals surface area contributed by atoms with E-state index in [1.54, 1.807) is 7.11 Å². The molecule has 0 saturated heterocycles. The minimum atomic E-state index is 0.136. The summed E-state index contributed by atoms with van der Waals surface area (Å²) in [6.45, 7) is 2.01. The minimum absolute atomic E-state index is 0.136. The first-order valence-corrected chi connectivity index (χ1v) is 6.99. The second-order valence-corrected chi connectivity index (χ2v) is 5.34. The van der Waals surface area contributed by atoms with Crippen LogP contribution in [0, 0.1) is 11.8 Å². The quantitative estimate of drug-likeness (QED) is 0.762. The van der Waals surface area contributed by atoms with Crippen molar-refractivity contribution in [1.29, 1.82) is 0 Å². The molecule has 3 nitrogen and oxygen atoms in total. The summed E-state index contributed by atoms with van der Waals surface area (Å²) in [5.41, 5.74) is 0. The number of carbonyl (C=O) groups is 1. The van der Waals surface area contributed by atoms with E-state index >= 15 is 0 Å². The van der Waals surface area contributed by atoms with Gasteiger partial charge >= 0.3 is 0 Å². The van der Waals surface area contributed by atoms with E-state index in [2.05, 4.69) is 0 Å². The Balaban J connectivity index is 1.96. The molecular weight excluding hydrogens is 240 g/mol. The molecule has 0 N–H and O–H groups in total. The minimum Gasteiger partial charge on any atom is -0.497 e. The maximum atomic E-state index is 10.9. The predicted octanol–water partition coefficient (Wildman–Crippen LogP) is 3.47. The van der Waals surface area contributed by atoms with E-state index in [-0.39, 0.29) is 12.0 Å². The van der Waals surface area contributed by atoms with Gasteiger partial charge in [0.05, 0.1) is 13.2 Å². The predicted molar refractivity (Wildman–Crippen MR) is 74.6 cm³/mol. The highest BCUT2D eigenvalue weighted by molar-refractivity contribution is 5.53. The number of hydrogen-bond acceptors (Lipinski definition) is 3. The fourth-order valence-corrected chi connectivity index (χ4v) is 2.74. The van der Waals surface area contributed by atoms with Crippen LogP contribution in [0.25, 0.3) is 0 Å². The van der Waals surface area contributed by atoms with E-state index in [1.807, 2.05) is 31.2 Å². The second kappa shape index (κ2) is 6.60. The smallest absolute Gasteiger partial charge is 0.123 e. The van der Waals surface area contributed by atoms with Crippen LogP contribution < -0.4 is 9.47 Å². The van der Waals surface area contributed by atoms with E-state index in [9.17, 15) is 4.79 Å². The van der Waals surface area contributed by atoms with E-state index in [4.69, 9.17) is 9.47 Å². The Labute approximate surface area is 114 Å². The Morgan fingerprint density at radius 1 is 1.32 bits per heavy atom. The second-order valence-electron chi connectivity index (χ2n) is 5.34. The standard InChI is InChI=1S/C16H22O3/c1-12(11-17)13-5-3-7-15(9-13)19-16-8-4-6-14(10-16)18-2/h4,6,8,10-13,15H,3,5,7,9H2,1-2H3/t12?,13-,15+/m0/s1. The molecule has 0 bridgehead atoms. The zero-order chi connectivity index (χ0) is 13.7. The van der Waals surface area contributed by atoms with Crippen LogP contribution >= 0.6 is 0 Å². The largest absolute Gasteiger partial charge is 0.497 e. The number of benzene rings is 1. The Kier molecular flexibility index (Phi) is 4.83. The summed E-state index contributed by atoms with van der Waals surface area (Å²) in [5.74, 6) is 2.26. The lowest BCUT2D eigenvalue weighted by Gasteiger charge is -2.31. The number of hydrogen-bond donors (Lipinski definition) is 0. The SMILES string of the molecule is COc1cccc(O[C@@H]2CCC[C@H](C(C)C=O)C2)c1. The summed E-state index contributed by atoms with van der Waals surface area (Å²) in [7, 11) is 1.65. The van der Waals surface area contributed by atoms with Gasteiger partial charge in [-0.1, -0.05) is 13.0 Å². The van der Waals surface area contributed by atoms with Crippen LogP contribution in [-0.4, -0.2) is 19.5 Å². The third-order valence-electron chi connectivity index (χ3n) is 3.97. The van der Waals surface area contributed by atoms with Crippen molar-refractivity contribution in [3.05, 3.63) is 24.3 Å². The summed E-state index contributed by atoms with van der Waals surface area (Å²) in [6.07, 6.45) is 5.60. The number of rotatable bonds is 5. The number of aldehydes is 1. The molecule has 19 heavy (non-hydrogen) atoms. The molecule has 1 fully saturated rings. The van der Waals surface area contributed by atoms with E-state index < -0.39 is 0 Å². The van der Waals surface area contributed by atoms with Gasteiger partial charge in [0, 0.05) is 12.0 Å². The molecule has 2 rings (SSSR count). The van der Waals surface area contributed by atoms with Crippen molar-refractivity contribution in [1.82, 2.24) is 0 Å². The van der Waals surface area contributed by atoms with Crippen LogP contribution in [0.2, 0.25) is 0 Å². The highest BCUT2D eigenvalue weighted by atomic mass is 16.5. The van der Waals surface area contributed by atoms with Crippen molar-refractivity contribution in [2.75, 3.05) is 7.11 Å². The number of methoxy groups -OCH3 is 1. The molecule has 0 aromatic heterocycles. The van der Waals surface area contributed by atoms with Gasteiger partial charge in [-0.25, -0.2) is 0 Å². The molecule has 0 radical (unpaired) electrons. The van der Waals surface area contributed by atoms with Gasteiger partial charge in [-0.2, -0.15) is 0 Å². The highest BCUT2D eigenvalue weighted by Gasteiger charge is 2.27. The van der Waals surface area contributed by atoms with Crippen LogP contribution in [0.1, 0.15) is 32.6 Å². The third-order valence-corrected chi connectivity index (χ3v) is 3.97. The fourth-order valence-electron chi connectivity index (χ4n) is 2.74. The Morgan fingerprint density at radius 3 is 2.84 bits per heavy atom. The number of ether oxygens (including phenoxy) is 2. The average Bonchev–Trinajstić information content (AvgIpc) is 2.47. The van der Waals surface area contributed by atoms with Gasteiger partial charge in [0.2, 0.25) is 0 Å². The maximum absolute atomic E-state index is 10.9. The Hall–Kier alpha value is -1.51. The molecule has 1 aliphatic carbocycles. The lowest BCUT2D eigenvalue weighted by molar-refractivity contribution is -0.112. The molecule has 1 unspecified atom stereocenters. The van der Waals surface area contributed by atoms with Gasteiger partial charge in [0.1, 0.15) is 17.8 Å². The van der Waals surface area contributed by atoms with Crippen LogP contribution in [-0.2, 0) is 4.79 Å². The molecule has 0 heterocycles. The molecule has 104 valence electrons. The van der Waals surface area contributed by atoms with Crippen LogP contribution in [0.15, 0.2) is 24.3 Å². The summed E-state index contributed by atoms with van der Waals surface area (Å²) in [4.78, 5) is 10.9. The van der Waals surface area contributed by atoms with Crippen molar-refractivity contribution in [2.24, 2.45) is 11.8 Å². The maximum Gasteiger partial charge on any atom is 0.123 e. The van der Waals surface area contributed by atoms with Crippen molar-refractivity contribution in [3.63, 3.8) is 0 Å². The molecule has 3 atom stereocenters. The lowest BCUT2D eigenvalue weighted by Crippen LogP contribution is -2.29. The Bertz CT molecular complexity index is 416. The molecule has 1 aromatic rings. The molecule has 0 aliphatic heterocycles. The van der Waals surface area contributed by atoms with Gasteiger partial charge in [0.25, 0.3) is 0 Å². The van der Waals surface area contributed by atoms with Gasteiger partial charge in [0.15, 0.2) is 0 Å². The first-order chi connectivity index (χ1) is 9.22. The molecule has 1 aromatic carbocycles. The van der Waals surface area contributed by atoms with Gasteiger partial charge < -0.3 is 14.3 Å². The van der Waals surface area contributed by atoms with Gasteiger partial charge in [-0.3, -0.25) is 0 Å². The zero-order valence-electron chi connectivity index (χ0n) is 11.7. The third kappa shape index (κ3) is 3.72. The van der Waals surface area contributed by atoms with Crippen LogP contribution in [0.4, 0.5) is 0 Å².